The third-order valence-corrected chi connectivity index (χ3v) is 3.10. The fourth-order valence-corrected chi connectivity index (χ4v) is 2.09. The van der Waals surface area contributed by atoms with Crippen molar-refractivity contribution in [3.05, 3.63) is 45.7 Å². The zero-order chi connectivity index (χ0) is 13.1. The van der Waals surface area contributed by atoms with Crippen LogP contribution in [-0.4, -0.2) is 23.2 Å². The van der Waals surface area contributed by atoms with Crippen molar-refractivity contribution in [2.24, 2.45) is 0 Å². The van der Waals surface area contributed by atoms with Gasteiger partial charge in [-0.15, -0.1) is 0 Å². The molecule has 6 heteroatoms. The van der Waals surface area contributed by atoms with E-state index in [0.717, 1.165) is 0 Å². The lowest BCUT2D eigenvalue weighted by Gasteiger charge is -2.04. The molecule has 0 atom stereocenters. The van der Waals surface area contributed by atoms with Gasteiger partial charge in [-0.1, -0.05) is 35.3 Å². The van der Waals surface area contributed by atoms with Crippen LogP contribution in [-0.2, 0) is 11.3 Å². The van der Waals surface area contributed by atoms with E-state index >= 15 is 0 Å². The van der Waals surface area contributed by atoms with Crippen molar-refractivity contribution in [3.63, 3.8) is 0 Å². The Labute approximate surface area is 114 Å². The molecule has 0 aliphatic rings. The Bertz CT molecular complexity index is 581. The molecular weight excluding hydrogens is 275 g/mol. The van der Waals surface area contributed by atoms with Crippen LogP contribution in [0.5, 0.6) is 0 Å². The highest BCUT2D eigenvalue weighted by Crippen LogP contribution is 2.27. The van der Waals surface area contributed by atoms with E-state index < -0.39 is 0 Å². The maximum absolute atomic E-state index is 11.0. The van der Waals surface area contributed by atoms with Gasteiger partial charge in [0.15, 0.2) is 6.29 Å². The second-order valence-corrected chi connectivity index (χ2v) is 4.33. The van der Waals surface area contributed by atoms with Crippen molar-refractivity contribution in [3.8, 4) is 5.69 Å². The number of ether oxygens (including phenoxy) is 1. The maximum Gasteiger partial charge on any atom is 0.155 e. The predicted molar refractivity (Wildman–Crippen MR) is 69.7 cm³/mol. The van der Waals surface area contributed by atoms with E-state index in [2.05, 4.69) is 5.10 Å². The van der Waals surface area contributed by atoms with Gasteiger partial charge in [0.1, 0.15) is 10.8 Å². The van der Waals surface area contributed by atoms with Gasteiger partial charge in [0.05, 0.1) is 22.9 Å². The number of hydrogen-bond donors (Lipinski definition) is 0. The van der Waals surface area contributed by atoms with Gasteiger partial charge < -0.3 is 4.74 Å². The highest BCUT2D eigenvalue weighted by molar-refractivity contribution is 6.34. The monoisotopic (exact) mass is 284 g/mol. The third-order valence-electron chi connectivity index (χ3n) is 2.42. The molecular formula is C12H10Cl2N2O2. The molecule has 0 amide bonds. The van der Waals surface area contributed by atoms with Crippen LogP contribution in [0.15, 0.2) is 24.3 Å². The molecule has 0 saturated carbocycles. The molecule has 0 bridgehead atoms. The number of nitrogens with zero attached hydrogens (tertiary/aromatic N) is 2. The topological polar surface area (TPSA) is 44.1 Å². The molecule has 94 valence electrons. The van der Waals surface area contributed by atoms with Gasteiger partial charge in [-0.2, -0.15) is 5.10 Å². The van der Waals surface area contributed by atoms with Crippen LogP contribution < -0.4 is 0 Å². The first kappa shape index (κ1) is 13.1. The van der Waals surface area contributed by atoms with Crippen LogP contribution in [0.25, 0.3) is 5.69 Å². The first-order valence-corrected chi connectivity index (χ1v) is 5.91. The zero-order valence-corrected chi connectivity index (χ0v) is 11.1. The second kappa shape index (κ2) is 5.52. The number of hydrogen-bond acceptors (Lipinski definition) is 3. The smallest absolute Gasteiger partial charge is 0.155 e. The van der Waals surface area contributed by atoms with Crippen molar-refractivity contribution in [2.45, 2.75) is 6.61 Å². The Kier molecular flexibility index (Phi) is 4.01. The fourth-order valence-electron chi connectivity index (χ4n) is 1.59. The molecule has 0 spiro atoms. The Balaban J connectivity index is 2.59. The van der Waals surface area contributed by atoms with Crippen molar-refractivity contribution in [2.75, 3.05) is 7.11 Å². The predicted octanol–water partition coefficient (Wildman–Crippen LogP) is 3.14. The number of benzene rings is 1. The number of aldehydes is 1. The van der Waals surface area contributed by atoms with Crippen LogP contribution in [0, 0.1) is 0 Å². The number of methoxy groups -OCH3 is 1. The first-order valence-electron chi connectivity index (χ1n) is 5.15. The summed E-state index contributed by atoms with van der Waals surface area (Å²) < 4.78 is 6.41. The number of rotatable bonds is 4. The lowest BCUT2D eigenvalue weighted by atomic mass is 10.3. The Morgan fingerprint density at radius 2 is 2.11 bits per heavy atom. The third kappa shape index (κ3) is 2.27. The molecule has 18 heavy (non-hydrogen) atoms. The number of para-hydroxylation sites is 1. The van der Waals surface area contributed by atoms with Gasteiger partial charge in [-0.05, 0) is 12.1 Å². The molecule has 0 aliphatic heterocycles. The van der Waals surface area contributed by atoms with Crippen molar-refractivity contribution < 1.29 is 9.53 Å². The molecule has 1 aromatic heterocycles. The van der Waals surface area contributed by atoms with E-state index in [1.807, 2.05) is 6.07 Å². The zero-order valence-electron chi connectivity index (χ0n) is 9.56. The molecule has 0 radical (unpaired) electrons. The molecule has 2 aromatic rings. The van der Waals surface area contributed by atoms with Gasteiger partial charge in [0, 0.05) is 7.11 Å². The molecule has 0 fully saturated rings. The summed E-state index contributed by atoms with van der Waals surface area (Å²) in [6.45, 7) is 0.214. The average molecular weight is 285 g/mol. The largest absolute Gasteiger partial charge is 0.378 e. The van der Waals surface area contributed by atoms with Gasteiger partial charge in [0.2, 0.25) is 0 Å². The second-order valence-electron chi connectivity index (χ2n) is 3.57. The Hall–Kier alpha value is -1.36. The first-order chi connectivity index (χ1) is 8.69. The van der Waals surface area contributed by atoms with E-state index in [-0.39, 0.29) is 11.8 Å². The number of aromatic nitrogens is 2. The summed E-state index contributed by atoms with van der Waals surface area (Å²) in [5.74, 6) is 0. The number of carbonyl (C=O) groups excluding carboxylic acids is 1. The summed E-state index contributed by atoms with van der Waals surface area (Å²) in [6, 6.07) is 7.12. The Morgan fingerprint density at radius 3 is 2.72 bits per heavy atom. The van der Waals surface area contributed by atoms with Crippen LogP contribution in [0.1, 0.15) is 16.1 Å². The van der Waals surface area contributed by atoms with Crippen LogP contribution in [0.3, 0.4) is 0 Å². The minimum Gasteiger partial charge on any atom is -0.378 e. The van der Waals surface area contributed by atoms with E-state index in [9.17, 15) is 4.79 Å². The molecule has 0 N–H and O–H groups in total. The fraction of sp³-hybridized carbons (Fsp3) is 0.167. The van der Waals surface area contributed by atoms with E-state index in [1.54, 1.807) is 18.2 Å². The van der Waals surface area contributed by atoms with E-state index in [4.69, 9.17) is 27.9 Å². The quantitative estimate of drug-likeness (QED) is 0.811. The SMILES string of the molecule is COCc1nn(-c2ccccc2Cl)c(Cl)c1C=O. The summed E-state index contributed by atoms with van der Waals surface area (Å²) in [6.07, 6.45) is 0.664. The maximum atomic E-state index is 11.0. The lowest BCUT2D eigenvalue weighted by molar-refractivity contribution is 0.111. The molecule has 2 rings (SSSR count). The summed E-state index contributed by atoms with van der Waals surface area (Å²) in [5.41, 5.74) is 1.42. The summed E-state index contributed by atoms with van der Waals surface area (Å²) in [7, 11) is 1.52. The summed E-state index contributed by atoms with van der Waals surface area (Å²) >= 11 is 12.2. The van der Waals surface area contributed by atoms with Crippen LogP contribution in [0.2, 0.25) is 10.2 Å². The molecule has 0 aliphatic carbocycles. The van der Waals surface area contributed by atoms with Crippen molar-refractivity contribution in [1.29, 1.82) is 0 Å². The normalized spacial score (nSPS) is 10.6. The minimum atomic E-state index is 0.214. The Morgan fingerprint density at radius 1 is 1.39 bits per heavy atom. The van der Waals surface area contributed by atoms with Gasteiger partial charge in [-0.25, -0.2) is 4.68 Å². The van der Waals surface area contributed by atoms with Gasteiger partial charge >= 0.3 is 0 Å². The van der Waals surface area contributed by atoms with E-state index in [1.165, 1.54) is 11.8 Å². The minimum absolute atomic E-state index is 0.214. The van der Waals surface area contributed by atoms with Crippen LogP contribution >= 0.6 is 23.2 Å². The lowest BCUT2D eigenvalue weighted by Crippen LogP contribution is -1.98. The van der Waals surface area contributed by atoms with Crippen molar-refractivity contribution in [1.82, 2.24) is 9.78 Å². The highest BCUT2D eigenvalue weighted by Gasteiger charge is 2.17. The van der Waals surface area contributed by atoms with Gasteiger partial charge in [-0.3, -0.25) is 4.79 Å². The number of carbonyl (C=O) groups is 1. The van der Waals surface area contributed by atoms with Gasteiger partial charge in [0.25, 0.3) is 0 Å². The molecule has 0 saturated heterocycles. The molecule has 1 heterocycles. The highest BCUT2D eigenvalue weighted by atomic mass is 35.5. The molecule has 1 aromatic carbocycles. The summed E-state index contributed by atoms with van der Waals surface area (Å²) in [5, 5.41) is 4.98. The van der Waals surface area contributed by atoms with Crippen molar-refractivity contribution >= 4 is 29.5 Å². The molecule has 4 nitrogen and oxygen atoms in total. The average Bonchev–Trinajstić information content (AvgIpc) is 2.67. The standard InChI is InChI=1S/C12H10Cl2N2O2/c1-18-7-10-8(6-17)12(14)16(15-10)11-5-3-2-4-9(11)13/h2-6H,7H2,1H3. The van der Waals surface area contributed by atoms with E-state index in [0.29, 0.717) is 28.3 Å². The molecule has 0 unspecified atom stereocenters. The summed E-state index contributed by atoms with van der Waals surface area (Å²) in [4.78, 5) is 11.0. The van der Waals surface area contributed by atoms with Crippen LogP contribution in [0.4, 0.5) is 0 Å². The number of halogens is 2.